The summed E-state index contributed by atoms with van der Waals surface area (Å²) in [6, 6.07) is 86.2. The van der Waals surface area contributed by atoms with Crippen molar-refractivity contribution in [3.05, 3.63) is 243 Å². The summed E-state index contributed by atoms with van der Waals surface area (Å²) in [4.78, 5) is 10.3. The first-order chi connectivity index (χ1) is 29.8. The minimum absolute atomic E-state index is 0.683. The second kappa shape index (κ2) is 16.5. The van der Waals surface area contributed by atoms with Crippen LogP contribution in [0.3, 0.4) is 0 Å². The first kappa shape index (κ1) is 36.4. The minimum atomic E-state index is 0.683. The van der Waals surface area contributed by atoms with Crippen molar-refractivity contribution in [3.8, 4) is 101 Å². The molecule has 2 nitrogen and oxygen atoms in total. The second-order valence-corrected chi connectivity index (χ2v) is 14.9. The molecule has 0 aliphatic rings. The van der Waals surface area contributed by atoms with Gasteiger partial charge < -0.3 is 0 Å². The normalized spacial score (nSPS) is 11.0. The zero-order chi connectivity index (χ0) is 40.1. The Labute approximate surface area is 351 Å². The van der Waals surface area contributed by atoms with Crippen LogP contribution in [0, 0.1) is 0 Å². The quantitative estimate of drug-likeness (QED) is 0.146. The van der Waals surface area contributed by atoms with Crippen LogP contribution < -0.4 is 0 Å². The number of nitrogens with zero attached hydrogens (tertiary/aromatic N) is 2. The van der Waals surface area contributed by atoms with Crippen molar-refractivity contribution < 1.29 is 0 Å². The Hall–Kier alpha value is -7.94. The third kappa shape index (κ3) is 7.12. The molecule has 1 heterocycles. The maximum atomic E-state index is 5.17. The fraction of sp³-hybridized carbons (Fsp3) is 0. The van der Waals surface area contributed by atoms with Gasteiger partial charge in [-0.15, -0.1) is 0 Å². The number of rotatable bonds is 9. The van der Waals surface area contributed by atoms with E-state index in [4.69, 9.17) is 9.97 Å². The molecule has 0 aliphatic heterocycles. The molecule has 10 rings (SSSR count). The standard InChI is InChI=1S/C58H40N2/c1-8-22-41(23-9-1)50-40-51(42-24-10-2-11-25-42)60-58(59-50)49-38-36-48(37-39-49)57-55(46-32-18-6-19-33-46)53(44-28-14-4-15-29-44)52(43-26-12-3-13-27-43)54(45-30-16-5-17-31-45)56(57)47-34-20-7-21-35-47/h1-40H. The van der Waals surface area contributed by atoms with Crippen molar-refractivity contribution in [2.24, 2.45) is 0 Å². The smallest absolute Gasteiger partial charge is 0.160 e. The van der Waals surface area contributed by atoms with E-state index < -0.39 is 0 Å². The van der Waals surface area contributed by atoms with Crippen LogP contribution in [-0.2, 0) is 0 Å². The molecule has 0 fully saturated rings. The number of benzene rings is 9. The minimum Gasteiger partial charge on any atom is -0.228 e. The molecule has 9 aromatic carbocycles. The van der Waals surface area contributed by atoms with Gasteiger partial charge in [0.2, 0.25) is 0 Å². The molecule has 2 heteroatoms. The fourth-order valence-electron chi connectivity index (χ4n) is 8.38. The Bertz CT molecular complexity index is 2840. The Morgan fingerprint density at radius 3 is 0.633 bits per heavy atom. The van der Waals surface area contributed by atoms with E-state index in [1.54, 1.807) is 0 Å². The lowest BCUT2D eigenvalue weighted by molar-refractivity contribution is 1.18. The van der Waals surface area contributed by atoms with Crippen LogP contribution in [0.25, 0.3) is 101 Å². The van der Waals surface area contributed by atoms with Crippen LogP contribution in [0.1, 0.15) is 0 Å². The molecule has 0 bridgehead atoms. The average molecular weight is 765 g/mol. The molecular weight excluding hydrogens is 725 g/mol. The summed E-state index contributed by atoms with van der Waals surface area (Å²) < 4.78 is 0. The van der Waals surface area contributed by atoms with Gasteiger partial charge in [0.05, 0.1) is 11.4 Å². The molecule has 0 aliphatic carbocycles. The lowest BCUT2D eigenvalue weighted by Gasteiger charge is -2.28. The molecule has 0 amide bonds. The predicted octanol–water partition coefficient (Wildman–Crippen LogP) is 15.5. The number of hydrogen-bond donors (Lipinski definition) is 0. The Morgan fingerprint density at radius 1 is 0.183 bits per heavy atom. The van der Waals surface area contributed by atoms with Gasteiger partial charge >= 0.3 is 0 Å². The molecule has 0 spiro atoms. The van der Waals surface area contributed by atoms with Crippen molar-refractivity contribution >= 4 is 0 Å². The van der Waals surface area contributed by atoms with Gasteiger partial charge in [-0.2, -0.15) is 0 Å². The van der Waals surface area contributed by atoms with Gasteiger partial charge in [-0.3, -0.25) is 0 Å². The Morgan fingerprint density at radius 2 is 0.383 bits per heavy atom. The first-order valence-electron chi connectivity index (χ1n) is 20.4. The van der Waals surface area contributed by atoms with E-state index >= 15 is 0 Å². The molecule has 0 unspecified atom stereocenters. The Balaban J connectivity index is 1.30. The fourth-order valence-corrected chi connectivity index (χ4v) is 8.38. The molecule has 10 aromatic rings. The molecule has 0 saturated carbocycles. The third-order valence-electron chi connectivity index (χ3n) is 11.1. The lowest BCUT2D eigenvalue weighted by Crippen LogP contribution is -2.02. The molecule has 1 aromatic heterocycles. The zero-order valence-electron chi connectivity index (χ0n) is 33.0. The van der Waals surface area contributed by atoms with Crippen LogP contribution in [0.15, 0.2) is 243 Å². The highest BCUT2D eigenvalue weighted by atomic mass is 14.9. The third-order valence-corrected chi connectivity index (χ3v) is 11.1. The summed E-state index contributed by atoms with van der Waals surface area (Å²) in [7, 11) is 0. The van der Waals surface area contributed by atoms with E-state index in [-0.39, 0.29) is 0 Å². The van der Waals surface area contributed by atoms with Crippen molar-refractivity contribution in [2.45, 2.75) is 0 Å². The summed E-state index contributed by atoms with van der Waals surface area (Å²) in [6.45, 7) is 0. The van der Waals surface area contributed by atoms with Crippen molar-refractivity contribution in [2.75, 3.05) is 0 Å². The molecular formula is C58H40N2. The summed E-state index contributed by atoms with van der Waals surface area (Å²) in [6.07, 6.45) is 0. The highest BCUT2D eigenvalue weighted by molar-refractivity contribution is 6.15. The lowest BCUT2D eigenvalue weighted by atomic mass is 9.74. The summed E-state index contributed by atoms with van der Waals surface area (Å²) in [5.41, 5.74) is 18.8. The SMILES string of the molecule is c1ccc(-c2cc(-c3ccccc3)nc(-c3ccc(-c4c(-c5ccccc5)c(-c5ccccc5)c(-c5ccccc5)c(-c5ccccc5)c4-c4ccccc4)cc3)n2)cc1. The first-order valence-corrected chi connectivity index (χ1v) is 20.4. The number of hydrogen-bond acceptors (Lipinski definition) is 2. The van der Waals surface area contributed by atoms with Gasteiger partial charge in [0.15, 0.2) is 5.82 Å². The van der Waals surface area contributed by atoms with Crippen molar-refractivity contribution in [3.63, 3.8) is 0 Å². The Kier molecular flexibility index (Phi) is 10.0. The van der Waals surface area contributed by atoms with Gasteiger partial charge in [0.1, 0.15) is 0 Å². The van der Waals surface area contributed by atoms with E-state index in [1.165, 1.54) is 33.4 Å². The van der Waals surface area contributed by atoms with Crippen LogP contribution in [0.5, 0.6) is 0 Å². The largest absolute Gasteiger partial charge is 0.228 e. The van der Waals surface area contributed by atoms with Gasteiger partial charge in [0, 0.05) is 16.7 Å². The van der Waals surface area contributed by atoms with Crippen molar-refractivity contribution in [1.82, 2.24) is 9.97 Å². The van der Waals surface area contributed by atoms with Gasteiger partial charge in [-0.25, -0.2) is 9.97 Å². The monoisotopic (exact) mass is 764 g/mol. The molecule has 0 atom stereocenters. The van der Waals surface area contributed by atoms with E-state index in [2.05, 4.69) is 231 Å². The van der Waals surface area contributed by atoms with Crippen LogP contribution in [-0.4, -0.2) is 9.97 Å². The van der Waals surface area contributed by atoms with E-state index in [9.17, 15) is 0 Å². The highest BCUT2D eigenvalue weighted by Crippen LogP contribution is 2.55. The molecule has 0 N–H and O–H groups in total. The van der Waals surface area contributed by atoms with Crippen LogP contribution in [0.2, 0.25) is 0 Å². The highest BCUT2D eigenvalue weighted by Gasteiger charge is 2.29. The number of aromatic nitrogens is 2. The van der Waals surface area contributed by atoms with Gasteiger partial charge in [-0.05, 0) is 72.8 Å². The van der Waals surface area contributed by atoms with E-state index in [0.29, 0.717) is 5.82 Å². The molecule has 0 saturated heterocycles. The van der Waals surface area contributed by atoms with E-state index in [0.717, 1.165) is 61.5 Å². The average Bonchev–Trinajstić information content (AvgIpc) is 3.35. The van der Waals surface area contributed by atoms with Gasteiger partial charge in [-0.1, -0.05) is 237 Å². The maximum absolute atomic E-state index is 5.17. The van der Waals surface area contributed by atoms with Crippen LogP contribution in [0.4, 0.5) is 0 Å². The van der Waals surface area contributed by atoms with Gasteiger partial charge in [0.25, 0.3) is 0 Å². The molecule has 282 valence electrons. The van der Waals surface area contributed by atoms with Crippen LogP contribution >= 0.6 is 0 Å². The zero-order valence-corrected chi connectivity index (χ0v) is 33.0. The topological polar surface area (TPSA) is 25.8 Å². The van der Waals surface area contributed by atoms with E-state index in [1.807, 2.05) is 12.1 Å². The maximum Gasteiger partial charge on any atom is 0.160 e. The molecule has 60 heavy (non-hydrogen) atoms. The van der Waals surface area contributed by atoms with Crippen molar-refractivity contribution in [1.29, 1.82) is 0 Å². The summed E-state index contributed by atoms with van der Waals surface area (Å²) >= 11 is 0. The summed E-state index contributed by atoms with van der Waals surface area (Å²) in [5, 5.41) is 0. The summed E-state index contributed by atoms with van der Waals surface area (Å²) in [5.74, 6) is 0.683. The predicted molar refractivity (Wildman–Crippen MR) is 251 cm³/mol. The second-order valence-electron chi connectivity index (χ2n) is 14.9. The molecule has 0 radical (unpaired) electrons.